The number of aromatic nitrogens is 3. The van der Waals surface area contributed by atoms with E-state index in [1.165, 1.54) is 4.90 Å². The monoisotopic (exact) mass is 426 g/mol. The maximum absolute atomic E-state index is 13.4. The number of benzene rings is 2. The summed E-state index contributed by atoms with van der Waals surface area (Å²) in [4.78, 5) is 38.7. The van der Waals surface area contributed by atoms with Crippen LogP contribution in [0.25, 0.3) is 21.9 Å². The molecule has 5 aromatic rings. The van der Waals surface area contributed by atoms with E-state index in [1.54, 1.807) is 42.9 Å². The number of hydrogen-bond donors (Lipinski definition) is 3. The van der Waals surface area contributed by atoms with Crippen LogP contribution >= 0.6 is 0 Å². The lowest BCUT2D eigenvalue weighted by Gasteiger charge is -2.25. The van der Waals surface area contributed by atoms with Crippen molar-refractivity contribution in [3.05, 3.63) is 84.2 Å². The molecule has 1 saturated heterocycles. The number of H-pyrrole nitrogens is 2. The number of furan rings is 1. The molecule has 32 heavy (non-hydrogen) atoms. The molecule has 158 valence electrons. The number of hydrogen-bond acceptors (Lipinski definition) is 5. The topological polar surface area (TPSA) is 115 Å². The van der Waals surface area contributed by atoms with Crippen LogP contribution in [0.1, 0.15) is 29.0 Å². The van der Waals surface area contributed by atoms with Gasteiger partial charge in [0.15, 0.2) is 0 Å². The van der Waals surface area contributed by atoms with Crippen LogP contribution < -0.4 is 4.90 Å². The Morgan fingerprint density at radius 2 is 1.91 bits per heavy atom. The highest BCUT2D eigenvalue weighted by Gasteiger charge is 2.51. The first kappa shape index (κ1) is 18.6. The summed E-state index contributed by atoms with van der Waals surface area (Å²) in [6, 6.07) is 15.7. The number of aromatic amines is 2. The highest BCUT2D eigenvalue weighted by atomic mass is 16.4. The lowest BCUT2D eigenvalue weighted by Crippen LogP contribution is -2.29. The third kappa shape index (κ3) is 2.63. The number of rotatable bonds is 4. The van der Waals surface area contributed by atoms with E-state index in [9.17, 15) is 14.7 Å². The average molecular weight is 426 g/mol. The molecule has 0 spiro atoms. The van der Waals surface area contributed by atoms with Crippen LogP contribution in [0, 0.1) is 0 Å². The zero-order chi connectivity index (χ0) is 21.8. The van der Waals surface area contributed by atoms with E-state index in [1.807, 2.05) is 24.3 Å². The Kier molecular flexibility index (Phi) is 4.02. The molecule has 6 rings (SSSR count). The molecule has 1 amide bonds. The molecule has 3 aromatic heterocycles. The number of aliphatic hydroxyl groups excluding tert-OH is 1. The van der Waals surface area contributed by atoms with Crippen LogP contribution in [0.15, 0.2) is 71.5 Å². The molecule has 0 bridgehead atoms. The standard InChI is InChI=1S/C24H18N4O4/c29-11-14-6-8-20(32-14)22-21(16-10-25-17-4-2-1-3-15(16)17)23(30)24(31)28(22)13-5-7-18-19(9-13)27-12-26-18/h1-10,12,21-22,25,29H,11H2,(H,26,27). The van der Waals surface area contributed by atoms with Crippen molar-refractivity contribution in [3.63, 3.8) is 0 Å². The number of Topliss-reactive ketones (excluding diaryl/α,β-unsaturated/α-hetero) is 1. The zero-order valence-electron chi connectivity index (χ0n) is 16.8. The fourth-order valence-corrected chi connectivity index (χ4v) is 4.61. The van der Waals surface area contributed by atoms with Gasteiger partial charge in [-0.1, -0.05) is 18.2 Å². The molecule has 0 saturated carbocycles. The van der Waals surface area contributed by atoms with Gasteiger partial charge < -0.3 is 19.5 Å². The minimum absolute atomic E-state index is 0.271. The minimum Gasteiger partial charge on any atom is -0.461 e. The highest BCUT2D eigenvalue weighted by molar-refractivity contribution is 6.46. The van der Waals surface area contributed by atoms with Crippen LogP contribution in [0.3, 0.4) is 0 Å². The van der Waals surface area contributed by atoms with Crippen molar-refractivity contribution in [2.75, 3.05) is 4.90 Å². The minimum atomic E-state index is -0.770. The number of anilines is 1. The largest absolute Gasteiger partial charge is 0.461 e. The Bertz CT molecular complexity index is 1490. The van der Waals surface area contributed by atoms with E-state index in [4.69, 9.17) is 4.42 Å². The molecule has 0 radical (unpaired) electrons. The summed E-state index contributed by atoms with van der Waals surface area (Å²) < 4.78 is 5.85. The molecule has 4 heterocycles. The number of fused-ring (bicyclic) bond motifs is 2. The van der Waals surface area contributed by atoms with Gasteiger partial charge in [0, 0.05) is 22.8 Å². The van der Waals surface area contributed by atoms with E-state index in [2.05, 4.69) is 15.0 Å². The van der Waals surface area contributed by atoms with Gasteiger partial charge in [-0.05, 0) is 42.0 Å². The Morgan fingerprint density at radius 1 is 1.03 bits per heavy atom. The van der Waals surface area contributed by atoms with E-state index in [0.717, 1.165) is 27.5 Å². The van der Waals surface area contributed by atoms with Crippen LogP contribution in [-0.4, -0.2) is 31.7 Å². The number of aliphatic hydroxyl groups is 1. The summed E-state index contributed by atoms with van der Waals surface area (Å²) in [6.07, 6.45) is 3.36. The lowest BCUT2D eigenvalue weighted by atomic mass is 9.89. The number of carbonyl (C=O) groups excluding carboxylic acids is 2. The second-order valence-electron chi connectivity index (χ2n) is 7.82. The van der Waals surface area contributed by atoms with E-state index < -0.39 is 23.7 Å². The Labute approximate surface area is 181 Å². The van der Waals surface area contributed by atoms with Crippen molar-refractivity contribution in [2.45, 2.75) is 18.6 Å². The summed E-state index contributed by atoms with van der Waals surface area (Å²) in [5.74, 6) is -1.08. The van der Waals surface area contributed by atoms with Crippen molar-refractivity contribution >= 4 is 39.3 Å². The molecule has 2 aromatic carbocycles. The molecule has 2 unspecified atom stereocenters. The second kappa shape index (κ2) is 6.93. The van der Waals surface area contributed by atoms with Gasteiger partial charge in [-0.3, -0.25) is 14.5 Å². The molecule has 1 aliphatic rings. The number of carbonyl (C=O) groups is 2. The number of nitrogens with zero attached hydrogens (tertiary/aromatic N) is 2. The van der Waals surface area contributed by atoms with Crippen LogP contribution in [0.2, 0.25) is 0 Å². The Morgan fingerprint density at radius 3 is 2.75 bits per heavy atom. The number of imidazole rings is 1. The summed E-state index contributed by atoms with van der Waals surface area (Å²) >= 11 is 0. The molecule has 8 heteroatoms. The van der Waals surface area contributed by atoms with Crippen LogP contribution in [0.5, 0.6) is 0 Å². The van der Waals surface area contributed by atoms with Crippen molar-refractivity contribution in [3.8, 4) is 0 Å². The first-order chi connectivity index (χ1) is 15.7. The molecular formula is C24H18N4O4. The summed E-state index contributed by atoms with van der Waals surface area (Å²) in [7, 11) is 0. The van der Waals surface area contributed by atoms with Gasteiger partial charge in [-0.25, -0.2) is 4.98 Å². The molecule has 0 aliphatic carbocycles. The van der Waals surface area contributed by atoms with Crippen molar-refractivity contribution in [1.82, 2.24) is 15.0 Å². The predicted molar refractivity (Wildman–Crippen MR) is 117 cm³/mol. The molecule has 1 aliphatic heterocycles. The van der Waals surface area contributed by atoms with Gasteiger partial charge in [-0.15, -0.1) is 0 Å². The summed E-state index contributed by atoms with van der Waals surface area (Å²) in [5, 5.41) is 10.4. The van der Waals surface area contributed by atoms with Gasteiger partial charge in [0.05, 0.1) is 23.3 Å². The van der Waals surface area contributed by atoms with E-state index in [0.29, 0.717) is 17.2 Å². The molecular weight excluding hydrogens is 408 g/mol. The van der Waals surface area contributed by atoms with Crippen molar-refractivity contribution in [2.24, 2.45) is 0 Å². The van der Waals surface area contributed by atoms with Crippen molar-refractivity contribution < 1.29 is 19.1 Å². The first-order valence-corrected chi connectivity index (χ1v) is 10.2. The lowest BCUT2D eigenvalue weighted by molar-refractivity contribution is -0.134. The SMILES string of the molecule is O=C1C(=O)N(c2ccc3nc[nH]c3c2)C(c2ccc(CO)o2)C1c1c[nH]c2ccccc12. The molecule has 3 N–H and O–H groups in total. The van der Waals surface area contributed by atoms with Crippen LogP contribution in [0.4, 0.5) is 5.69 Å². The average Bonchev–Trinajstić information content (AvgIpc) is 3.59. The van der Waals surface area contributed by atoms with Gasteiger partial charge >= 0.3 is 0 Å². The maximum Gasteiger partial charge on any atom is 0.295 e. The number of amides is 1. The summed E-state index contributed by atoms with van der Waals surface area (Å²) in [5.41, 5.74) is 3.70. The first-order valence-electron chi connectivity index (χ1n) is 10.2. The van der Waals surface area contributed by atoms with Gasteiger partial charge in [0.2, 0.25) is 5.78 Å². The fourth-order valence-electron chi connectivity index (χ4n) is 4.61. The zero-order valence-corrected chi connectivity index (χ0v) is 16.8. The number of para-hydroxylation sites is 1. The predicted octanol–water partition coefficient (Wildman–Crippen LogP) is 3.57. The van der Waals surface area contributed by atoms with E-state index in [-0.39, 0.29) is 6.61 Å². The third-order valence-corrected chi connectivity index (χ3v) is 6.07. The number of ketones is 1. The summed E-state index contributed by atoms with van der Waals surface area (Å²) in [6.45, 7) is -0.271. The van der Waals surface area contributed by atoms with Gasteiger partial charge in [-0.2, -0.15) is 0 Å². The van der Waals surface area contributed by atoms with Gasteiger partial charge in [0.25, 0.3) is 5.91 Å². The van der Waals surface area contributed by atoms with E-state index >= 15 is 0 Å². The third-order valence-electron chi connectivity index (χ3n) is 6.07. The maximum atomic E-state index is 13.4. The number of nitrogens with one attached hydrogen (secondary N) is 2. The van der Waals surface area contributed by atoms with Crippen LogP contribution in [-0.2, 0) is 16.2 Å². The molecule has 8 nitrogen and oxygen atoms in total. The Balaban J connectivity index is 1.56. The van der Waals surface area contributed by atoms with Gasteiger partial charge in [0.1, 0.15) is 24.2 Å². The second-order valence-corrected chi connectivity index (χ2v) is 7.82. The molecule has 2 atom stereocenters. The quantitative estimate of drug-likeness (QED) is 0.380. The normalized spacial score (nSPS) is 19.0. The van der Waals surface area contributed by atoms with Crippen molar-refractivity contribution in [1.29, 1.82) is 0 Å². The highest BCUT2D eigenvalue weighted by Crippen LogP contribution is 2.47. The smallest absolute Gasteiger partial charge is 0.295 e. The fraction of sp³-hybridized carbons (Fsp3) is 0.125. The molecule has 1 fully saturated rings. The Hall–Kier alpha value is -4.17.